The number of ether oxygens (including phenoxy) is 1. The smallest absolute Gasteiger partial charge is 0.229 e. The normalized spacial score (nSPS) is 19.2. The molecule has 1 aromatic carbocycles. The van der Waals surface area contributed by atoms with Gasteiger partial charge in [-0.05, 0) is 18.9 Å². The van der Waals surface area contributed by atoms with Crippen LogP contribution in [0.15, 0.2) is 24.3 Å². The summed E-state index contributed by atoms with van der Waals surface area (Å²) in [4.78, 5) is 13.9. The Kier molecular flexibility index (Phi) is 4.33. The van der Waals surface area contributed by atoms with Crippen molar-refractivity contribution in [3.63, 3.8) is 0 Å². The second-order valence-corrected chi connectivity index (χ2v) is 4.51. The molecule has 1 aliphatic heterocycles. The molecule has 1 heterocycles. The number of carbonyl (C=O) groups is 1. The van der Waals surface area contributed by atoms with Crippen LogP contribution >= 0.6 is 0 Å². The van der Waals surface area contributed by atoms with Crippen LogP contribution in [0.4, 0.5) is 5.69 Å². The minimum Gasteiger partial charge on any atom is -0.388 e. The number of methoxy groups -OCH3 is 1. The van der Waals surface area contributed by atoms with Crippen molar-refractivity contribution < 1.29 is 14.6 Å². The number of amides is 1. The van der Waals surface area contributed by atoms with Crippen molar-refractivity contribution in [2.24, 2.45) is 0 Å². The van der Waals surface area contributed by atoms with E-state index in [1.165, 1.54) is 0 Å². The van der Waals surface area contributed by atoms with Gasteiger partial charge in [0.05, 0.1) is 19.1 Å². The number of hydrogen-bond acceptors (Lipinski definition) is 3. The molecule has 4 nitrogen and oxygen atoms in total. The number of hydrogen-bond donors (Lipinski definition) is 1. The molecule has 0 aromatic heterocycles. The monoisotopic (exact) mass is 249 g/mol. The van der Waals surface area contributed by atoms with E-state index in [1.807, 2.05) is 24.3 Å². The van der Waals surface area contributed by atoms with E-state index >= 15 is 0 Å². The molecule has 0 spiro atoms. The lowest BCUT2D eigenvalue weighted by molar-refractivity contribution is -0.119. The third-order valence-electron chi connectivity index (χ3n) is 3.27. The van der Waals surface area contributed by atoms with Gasteiger partial charge in [0, 0.05) is 24.9 Å². The molecule has 1 aliphatic rings. The highest BCUT2D eigenvalue weighted by Gasteiger charge is 2.24. The third-order valence-corrected chi connectivity index (χ3v) is 3.27. The number of rotatable bonds is 3. The van der Waals surface area contributed by atoms with Crippen LogP contribution < -0.4 is 4.90 Å². The first-order valence-corrected chi connectivity index (χ1v) is 6.30. The first-order chi connectivity index (χ1) is 8.74. The van der Waals surface area contributed by atoms with Gasteiger partial charge < -0.3 is 14.7 Å². The predicted molar refractivity (Wildman–Crippen MR) is 69.5 cm³/mol. The van der Waals surface area contributed by atoms with Gasteiger partial charge in [-0.2, -0.15) is 0 Å². The molecule has 0 saturated heterocycles. The molecule has 1 aromatic rings. The Morgan fingerprint density at radius 1 is 1.50 bits per heavy atom. The van der Waals surface area contributed by atoms with Crippen molar-refractivity contribution in [3.8, 4) is 0 Å². The lowest BCUT2D eigenvalue weighted by Crippen LogP contribution is -2.32. The van der Waals surface area contributed by atoms with Crippen LogP contribution in [0.1, 0.15) is 30.9 Å². The molecule has 0 saturated carbocycles. The maximum absolute atomic E-state index is 12.1. The van der Waals surface area contributed by atoms with Gasteiger partial charge in [0.2, 0.25) is 5.91 Å². The standard InChI is InChI=1S/C14H19NO3/c1-18-10-8-14(17)15-9-4-7-13(16)11-5-2-3-6-12(11)15/h2-3,5-6,13,16H,4,7-10H2,1H3. The Morgan fingerprint density at radius 3 is 3.06 bits per heavy atom. The summed E-state index contributed by atoms with van der Waals surface area (Å²) in [6.45, 7) is 1.09. The zero-order valence-electron chi connectivity index (χ0n) is 10.6. The van der Waals surface area contributed by atoms with Crippen LogP contribution in [0.2, 0.25) is 0 Å². The van der Waals surface area contributed by atoms with E-state index in [2.05, 4.69) is 0 Å². The average Bonchev–Trinajstić information content (AvgIpc) is 2.56. The van der Waals surface area contributed by atoms with Crippen LogP contribution in [0.5, 0.6) is 0 Å². The van der Waals surface area contributed by atoms with Gasteiger partial charge >= 0.3 is 0 Å². The van der Waals surface area contributed by atoms with E-state index in [9.17, 15) is 9.90 Å². The molecule has 1 unspecified atom stereocenters. The Hall–Kier alpha value is -1.39. The Labute approximate surface area is 107 Å². The van der Waals surface area contributed by atoms with Crippen LogP contribution in [0, 0.1) is 0 Å². The molecule has 18 heavy (non-hydrogen) atoms. The minimum atomic E-state index is -0.471. The molecular weight excluding hydrogens is 230 g/mol. The van der Waals surface area contributed by atoms with E-state index in [1.54, 1.807) is 12.0 Å². The van der Waals surface area contributed by atoms with Gasteiger partial charge in [-0.25, -0.2) is 0 Å². The summed E-state index contributed by atoms with van der Waals surface area (Å²) in [6, 6.07) is 7.58. The highest BCUT2D eigenvalue weighted by molar-refractivity contribution is 5.94. The number of anilines is 1. The van der Waals surface area contributed by atoms with Crippen LogP contribution in [0.25, 0.3) is 0 Å². The van der Waals surface area contributed by atoms with Crippen LogP contribution in [0.3, 0.4) is 0 Å². The number of aliphatic hydroxyl groups is 1. The van der Waals surface area contributed by atoms with E-state index in [4.69, 9.17) is 4.74 Å². The van der Waals surface area contributed by atoms with Crippen molar-refractivity contribution in [3.05, 3.63) is 29.8 Å². The summed E-state index contributed by atoms with van der Waals surface area (Å²) in [5, 5.41) is 10.1. The van der Waals surface area contributed by atoms with Crippen molar-refractivity contribution in [1.82, 2.24) is 0 Å². The summed E-state index contributed by atoms with van der Waals surface area (Å²) in [7, 11) is 1.59. The fraction of sp³-hybridized carbons (Fsp3) is 0.500. The fourth-order valence-electron chi connectivity index (χ4n) is 2.32. The molecule has 98 valence electrons. The van der Waals surface area contributed by atoms with Crippen molar-refractivity contribution in [2.45, 2.75) is 25.4 Å². The molecule has 0 aliphatic carbocycles. The van der Waals surface area contributed by atoms with Crippen molar-refractivity contribution in [2.75, 3.05) is 25.2 Å². The minimum absolute atomic E-state index is 0.0541. The summed E-state index contributed by atoms with van der Waals surface area (Å²) >= 11 is 0. The maximum atomic E-state index is 12.1. The molecule has 0 radical (unpaired) electrons. The SMILES string of the molecule is COCCC(=O)N1CCCC(O)c2ccccc21. The lowest BCUT2D eigenvalue weighted by Gasteiger charge is -2.23. The van der Waals surface area contributed by atoms with Crippen molar-refractivity contribution in [1.29, 1.82) is 0 Å². The highest BCUT2D eigenvalue weighted by atomic mass is 16.5. The lowest BCUT2D eigenvalue weighted by atomic mass is 10.0. The number of benzene rings is 1. The molecule has 2 rings (SSSR count). The summed E-state index contributed by atoms with van der Waals surface area (Å²) in [5.74, 6) is 0.0541. The van der Waals surface area contributed by atoms with Crippen LogP contribution in [-0.2, 0) is 9.53 Å². The van der Waals surface area contributed by atoms with E-state index in [0.717, 1.165) is 17.7 Å². The maximum Gasteiger partial charge on any atom is 0.229 e. The van der Waals surface area contributed by atoms with Gasteiger partial charge in [-0.3, -0.25) is 4.79 Å². The topological polar surface area (TPSA) is 49.8 Å². The molecular formula is C14H19NO3. The van der Waals surface area contributed by atoms with Gasteiger partial charge in [-0.15, -0.1) is 0 Å². The molecule has 0 fully saturated rings. The molecule has 1 N–H and O–H groups in total. The molecule has 4 heteroatoms. The Balaban J connectivity index is 2.25. The van der Waals surface area contributed by atoms with Gasteiger partial charge in [0.25, 0.3) is 0 Å². The first kappa shape index (κ1) is 13.1. The molecule has 1 atom stereocenters. The summed E-state index contributed by atoms with van der Waals surface area (Å²) in [5.41, 5.74) is 1.68. The number of para-hydroxylation sites is 1. The predicted octanol–water partition coefficient (Wildman–Crippen LogP) is 1.88. The molecule has 0 bridgehead atoms. The Morgan fingerprint density at radius 2 is 2.28 bits per heavy atom. The number of nitrogens with zero attached hydrogens (tertiary/aromatic N) is 1. The first-order valence-electron chi connectivity index (χ1n) is 6.30. The highest BCUT2D eigenvalue weighted by Crippen LogP contribution is 2.32. The summed E-state index contributed by atoms with van der Waals surface area (Å²) < 4.78 is 4.95. The van der Waals surface area contributed by atoms with Crippen LogP contribution in [-0.4, -0.2) is 31.3 Å². The number of carbonyl (C=O) groups excluding carboxylic acids is 1. The van der Waals surface area contributed by atoms with E-state index in [0.29, 0.717) is 26.0 Å². The zero-order chi connectivity index (χ0) is 13.0. The second-order valence-electron chi connectivity index (χ2n) is 4.51. The van der Waals surface area contributed by atoms with E-state index in [-0.39, 0.29) is 5.91 Å². The zero-order valence-corrected chi connectivity index (χ0v) is 10.6. The third kappa shape index (κ3) is 2.71. The van der Waals surface area contributed by atoms with E-state index < -0.39 is 6.10 Å². The Bertz CT molecular complexity index is 419. The number of fused-ring (bicyclic) bond motifs is 1. The van der Waals surface area contributed by atoms with Gasteiger partial charge in [0.15, 0.2) is 0 Å². The molecule has 1 amide bonds. The fourth-order valence-corrected chi connectivity index (χ4v) is 2.32. The van der Waals surface area contributed by atoms with Gasteiger partial charge in [0.1, 0.15) is 0 Å². The average molecular weight is 249 g/mol. The van der Waals surface area contributed by atoms with Gasteiger partial charge in [-0.1, -0.05) is 18.2 Å². The largest absolute Gasteiger partial charge is 0.388 e. The summed E-state index contributed by atoms with van der Waals surface area (Å²) in [6.07, 6.45) is 1.42. The second kappa shape index (κ2) is 5.98. The van der Waals surface area contributed by atoms with Crippen molar-refractivity contribution >= 4 is 11.6 Å². The number of aliphatic hydroxyl groups excluding tert-OH is 1. The quantitative estimate of drug-likeness (QED) is 0.890.